The van der Waals surface area contributed by atoms with E-state index in [4.69, 9.17) is 9.97 Å². The van der Waals surface area contributed by atoms with E-state index in [0.29, 0.717) is 24.3 Å². The molecular weight excluding hydrogens is 524 g/mol. The van der Waals surface area contributed by atoms with Crippen molar-refractivity contribution in [2.75, 3.05) is 11.9 Å². The predicted octanol–water partition coefficient (Wildman–Crippen LogP) is 5.79. The Morgan fingerprint density at radius 3 is 2.71 bits per heavy atom. The number of imidazole rings is 1. The zero-order valence-electron chi connectivity index (χ0n) is 23.6. The Balaban J connectivity index is 1.12. The highest BCUT2D eigenvalue weighted by Gasteiger charge is 2.40. The first-order chi connectivity index (χ1) is 20.5. The third kappa shape index (κ3) is 3.74. The second-order valence-electron chi connectivity index (χ2n) is 12.8. The van der Waals surface area contributed by atoms with Gasteiger partial charge in [0, 0.05) is 48.4 Å². The number of hydrogen-bond acceptors (Lipinski definition) is 4. The molecule has 9 rings (SSSR count). The molecule has 5 heterocycles. The van der Waals surface area contributed by atoms with E-state index in [-0.39, 0.29) is 11.8 Å². The highest BCUT2D eigenvalue weighted by molar-refractivity contribution is 6.00. The average molecular weight is 557 g/mol. The smallest absolute Gasteiger partial charge is 0.254 e. The summed E-state index contributed by atoms with van der Waals surface area (Å²) >= 11 is 0. The Labute approximate surface area is 243 Å². The number of carbonyl (C=O) groups is 2. The molecule has 0 radical (unpaired) electrons. The summed E-state index contributed by atoms with van der Waals surface area (Å²) in [7, 11) is 2.06. The largest absolute Gasteiger partial charge is 0.335 e. The van der Waals surface area contributed by atoms with Crippen LogP contribution in [-0.2, 0) is 24.8 Å². The highest BCUT2D eigenvalue weighted by atomic mass is 16.2. The lowest BCUT2D eigenvalue weighted by Crippen LogP contribution is -2.37. The van der Waals surface area contributed by atoms with Gasteiger partial charge >= 0.3 is 0 Å². The number of fused-ring (bicyclic) bond motifs is 5. The van der Waals surface area contributed by atoms with Crippen LogP contribution < -0.4 is 5.32 Å². The van der Waals surface area contributed by atoms with Crippen LogP contribution in [0.2, 0.25) is 0 Å². The van der Waals surface area contributed by atoms with Gasteiger partial charge in [-0.15, -0.1) is 0 Å². The van der Waals surface area contributed by atoms with Gasteiger partial charge in [-0.25, -0.2) is 9.97 Å². The molecule has 3 aromatic heterocycles. The summed E-state index contributed by atoms with van der Waals surface area (Å²) in [4.78, 5) is 37.7. The van der Waals surface area contributed by atoms with Crippen molar-refractivity contribution in [2.45, 2.75) is 51.1 Å². The monoisotopic (exact) mass is 556 g/mol. The van der Waals surface area contributed by atoms with Gasteiger partial charge in [-0.05, 0) is 98.0 Å². The van der Waals surface area contributed by atoms with E-state index < -0.39 is 0 Å². The Kier molecular flexibility index (Phi) is 5.05. The molecule has 4 aliphatic rings. The molecule has 2 aliphatic carbocycles. The number of aryl methyl sites for hydroxylation is 1. The van der Waals surface area contributed by atoms with Gasteiger partial charge in [0.2, 0.25) is 5.91 Å². The second-order valence-corrected chi connectivity index (χ2v) is 12.8. The van der Waals surface area contributed by atoms with Gasteiger partial charge in [0.1, 0.15) is 5.65 Å². The number of hydrogen-bond donors (Lipinski definition) is 1. The van der Waals surface area contributed by atoms with Crippen LogP contribution in [-0.4, -0.2) is 48.4 Å². The molecule has 2 bridgehead atoms. The molecule has 2 atom stereocenters. The van der Waals surface area contributed by atoms with E-state index >= 15 is 0 Å². The van der Waals surface area contributed by atoms with E-state index in [2.05, 4.69) is 50.7 Å². The zero-order chi connectivity index (χ0) is 28.1. The Morgan fingerprint density at radius 2 is 1.90 bits per heavy atom. The first-order valence-electron chi connectivity index (χ1n) is 15.2. The van der Waals surface area contributed by atoms with Crippen molar-refractivity contribution in [3.63, 3.8) is 0 Å². The maximum atomic E-state index is 13.4. The molecule has 42 heavy (non-hydrogen) atoms. The van der Waals surface area contributed by atoms with Crippen LogP contribution in [0.5, 0.6) is 0 Å². The minimum absolute atomic E-state index is 0.0375. The number of nitrogens with one attached hydrogen (secondary N) is 1. The number of amides is 2. The molecule has 3 fully saturated rings. The predicted molar refractivity (Wildman–Crippen MR) is 162 cm³/mol. The molecule has 1 saturated heterocycles. The summed E-state index contributed by atoms with van der Waals surface area (Å²) in [5.41, 5.74) is 8.42. The van der Waals surface area contributed by atoms with Gasteiger partial charge < -0.3 is 19.4 Å². The fourth-order valence-electron chi connectivity index (χ4n) is 7.51. The molecule has 2 saturated carbocycles. The molecule has 2 amide bonds. The average Bonchev–Trinajstić information content (AvgIpc) is 3.37. The van der Waals surface area contributed by atoms with E-state index in [1.807, 2.05) is 30.3 Å². The maximum Gasteiger partial charge on any atom is 0.254 e. The van der Waals surface area contributed by atoms with Gasteiger partial charge in [0.25, 0.3) is 5.91 Å². The van der Waals surface area contributed by atoms with Crippen LogP contribution >= 0.6 is 0 Å². The summed E-state index contributed by atoms with van der Waals surface area (Å²) in [6.45, 7) is 1.80. The Bertz CT molecular complexity index is 1960. The van der Waals surface area contributed by atoms with E-state index in [1.165, 1.54) is 19.3 Å². The van der Waals surface area contributed by atoms with E-state index in [9.17, 15) is 9.59 Å². The summed E-state index contributed by atoms with van der Waals surface area (Å²) in [5, 5.41) is 4.00. The van der Waals surface area contributed by atoms with Gasteiger partial charge in [0.15, 0.2) is 5.82 Å². The topological polar surface area (TPSA) is 85.0 Å². The van der Waals surface area contributed by atoms with Crippen molar-refractivity contribution >= 4 is 39.6 Å². The lowest BCUT2D eigenvalue weighted by atomic mass is 10.1. The fraction of sp³-hybridized carbons (Fsp3) is 0.353. The lowest BCUT2D eigenvalue weighted by Gasteiger charge is -2.27. The lowest BCUT2D eigenvalue weighted by molar-refractivity contribution is -0.115. The Morgan fingerprint density at radius 1 is 1.00 bits per heavy atom. The maximum absolute atomic E-state index is 13.4. The molecule has 8 heteroatoms. The second kappa shape index (κ2) is 8.77. The molecule has 210 valence electrons. The van der Waals surface area contributed by atoms with Gasteiger partial charge in [-0.3, -0.25) is 9.59 Å². The molecule has 8 nitrogen and oxygen atoms in total. The minimum atomic E-state index is 0.0375. The molecule has 1 N–H and O–H groups in total. The molecule has 2 aromatic carbocycles. The van der Waals surface area contributed by atoms with Crippen LogP contribution in [0, 0.1) is 11.8 Å². The SMILES string of the molecule is Cn1c(-c2cc3ccc(-c4ccc5c(c4)CC(=O)N5)nc3n2CC2CC2)nc2cc(C(=O)N3CC4CCC3C4)ccc21. The third-order valence-electron chi connectivity index (χ3n) is 9.93. The van der Waals surface area contributed by atoms with Crippen LogP contribution in [0.1, 0.15) is 48.0 Å². The summed E-state index contributed by atoms with van der Waals surface area (Å²) in [6.07, 6.45) is 6.43. The van der Waals surface area contributed by atoms with Gasteiger partial charge in [0.05, 0.1) is 28.8 Å². The van der Waals surface area contributed by atoms with Crippen LogP contribution in [0.25, 0.3) is 44.8 Å². The number of nitrogens with zero attached hydrogens (tertiary/aromatic N) is 5. The number of rotatable bonds is 5. The number of benzene rings is 2. The quantitative estimate of drug-likeness (QED) is 0.297. The Hall–Kier alpha value is -4.46. The van der Waals surface area contributed by atoms with Crippen molar-refractivity contribution < 1.29 is 9.59 Å². The fourth-order valence-corrected chi connectivity index (χ4v) is 7.51. The number of carbonyl (C=O) groups excluding carboxylic acids is 2. The summed E-state index contributed by atoms with van der Waals surface area (Å²) < 4.78 is 4.48. The summed E-state index contributed by atoms with van der Waals surface area (Å²) in [6, 6.07) is 18.9. The normalized spacial score (nSPS) is 21.1. The zero-order valence-corrected chi connectivity index (χ0v) is 23.6. The van der Waals surface area contributed by atoms with Gasteiger partial charge in [-0.2, -0.15) is 0 Å². The van der Waals surface area contributed by atoms with Crippen LogP contribution in [0.4, 0.5) is 5.69 Å². The van der Waals surface area contributed by atoms with Crippen molar-refractivity contribution in [1.29, 1.82) is 0 Å². The molecule has 2 unspecified atom stereocenters. The van der Waals surface area contributed by atoms with Crippen molar-refractivity contribution in [3.8, 4) is 22.8 Å². The highest BCUT2D eigenvalue weighted by Crippen LogP contribution is 2.39. The minimum Gasteiger partial charge on any atom is -0.335 e. The first kappa shape index (κ1) is 24.2. The molecule has 0 spiro atoms. The van der Waals surface area contributed by atoms with E-state index in [0.717, 1.165) is 87.6 Å². The van der Waals surface area contributed by atoms with Crippen LogP contribution in [0.15, 0.2) is 54.6 Å². The van der Waals surface area contributed by atoms with Crippen molar-refractivity contribution in [3.05, 3.63) is 65.7 Å². The number of pyridine rings is 1. The third-order valence-corrected chi connectivity index (χ3v) is 9.93. The summed E-state index contributed by atoms with van der Waals surface area (Å²) in [5.74, 6) is 2.39. The van der Waals surface area contributed by atoms with Crippen LogP contribution in [0.3, 0.4) is 0 Å². The molecular formula is C34H32N6O2. The standard InChI is InChI=1S/C34H32N6O2/c1-38-29-11-7-23(34(42)39-18-20-4-8-25(39)12-20)14-28(29)37-33(38)30-15-22-6-10-26(36-32(22)40(30)17-19-2-3-19)21-5-9-27-24(13-21)16-31(41)35-27/h5-7,9-11,13-15,19-20,25H,2-4,8,12,16-18H2,1H3,(H,35,41). The van der Waals surface area contributed by atoms with E-state index in [1.54, 1.807) is 0 Å². The molecule has 2 aliphatic heterocycles. The number of aromatic nitrogens is 4. The number of anilines is 1. The van der Waals surface area contributed by atoms with Gasteiger partial charge in [-0.1, -0.05) is 6.07 Å². The number of piperidine rings is 1. The van der Waals surface area contributed by atoms with Crippen molar-refractivity contribution in [2.24, 2.45) is 18.9 Å². The van der Waals surface area contributed by atoms with Crippen molar-refractivity contribution in [1.82, 2.24) is 24.0 Å². The number of likely N-dealkylation sites (tertiary alicyclic amines) is 1. The molecule has 5 aromatic rings. The first-order valence-corrected chi connectivity index (χ1v) is 15.2.